The van der Waals surface area contributed by atoms with Crippen LogP contribution < -0.4 is 4.74 Å². The molecule has 1 aliphatic rings. The van der Waals surface area contributed by atoms with Gasteiger partial charge < -0.3 is 9.84 Å². The van der Waals surface area contributed by atoms with E-state index in [1.165, 1.54) is 12.1 Å². The molecular formula is C19H22N2O4. The minimum atomic E-state index is -0.768. The first-order valence-electron chi connectivity index (χ1n) is 8.37. The van der Waals surface area contributed by atoms with E-state index in [9.17, 15) is 15.2 Å². The molecule has 1 N–H and O–H groups in total. The fourth-order valence-corrected chi connectivity index (χ4v) is 3.01. The lowest BCUT2D eigenvalue weighted by Crippen LogP contribution is -2.30. The number of hydrogen-bond donors (Lipinski definition) is 1. The van der Waals surface area contributed by atoms with Crippen LogP contribution in [0.1, 0.15) is 30.1 Å². The maximum atomic E-state index is 10.9. The van der Waals surface area contributed by atoms with Gasteiger partial charge in [-0.1, -0.05) is 30.3 Å². The van der Waals surface area contributed by atoms with E-state index in [4.69, 9.17) is 4.74 Å². The average Bonchev–Trinajstić information content (AvgIpc) is 3.46. The van der Waals surface area contributed by atoms with Crippen LogP contribution in [0.3, 0.4) is 0 Å². The van der Waals surface area contributed by atoms with Crippen LogP contribution in [0.5, 0.6) is 5.75 Å². The van der Waals surface area contributed by atoms with Crippen molar-refractivity contribution in [2.24, 2.45) is 0 Å². The lowest BCUT2D eigenvalue weighted by atomic mass is 10.1. The lowest BCUT2D eigenvalue weighted by Gasteiger charge is -2.26. The third-order valence-electron chi connectivity index (χ3n) is 4.50. The van der Waals surface area contributed by atoms with E-state index in [0.717, 1.165) is 24.2 Å². The standard InChI is InChI=1S/C19H22N2O4/c1-25-19-8-3-2-5-15(19)12-20(16-9-10-16)13-18(22)14-6-4-7-17(11-14)21(23)24/h2-8,11,16,18,22H,9-10,12-13H2,1H3. The molecule has 1 saturated carbocycles. The van der Waals surface area contributed by atoms with Gasteiger partial charge in [0, 0.05) is 36.8 Å². The molecule has 1 aliphatic carbocycles. The molecule has 1 unspecified atom stereocenters. The number of benzene rings is 2. The van der Waals surface area contributed by atoms with Gasteiger partial charge in [-0.05, 0) is 24.5 Å². The number of nitrogens with zero attached hydrogens (tertiary/aromatic N) is 2. The van der Waals surface area contributed by atoms with Crippen molar-refractivity contribution in [3.8, 4) is 5.75 Å². The molecule has 0 aromatic heterocycles. The third-order valence-corrected chi connectivity index (χ3v) is 4.50. The monoisotopic (exact) mass is 342 g/mol. The number of aliphatic hydroxyl groups excluding tert-OH is 1. The maximum absolute atomic E-state index is 10.9. The number of methoxy groups -OCH3 is 1. The number of aliphatic hydroxyl groups is 1. The number of nitro groups is 1. The van der Waals surface area contributed by atoms with Gasteiger partial charge in [0.2, 0.25) is 0 Å². The number of hydrogen-bond acceptors (Lipinski definition) is 5. The first-order chi connectivity index (χ1) is 12.1. The zero-order valence-corrected chi connectivity index (χ0v) is 14.2. The van der Waals surface area contributed by atoms with Crippen molar-refractivity contribution in [2.75, 3.05) is 13.7 Å². The third kappa shape index (κ3) is 4.35. The molecule has 1 atom stereocenters. The van der Waals surface area contributed by atoms with E-state index in [2.05, 4.69) is 4.90 Å². The van der Waals surface area contributed by atoms with Gasteiger partial charge in [-0.2, -0.15) is 0 Å². The molecule has 0 spiro atoms. The molecule has 132 valence electrons. The maximum Gasteiger partial charge on any atom is 0.269 e. The molecule has 3 rings (SSSR count). The molecule has 25 heavy (non-hydrogen) atoms. The van der Waals surface area contributed by atoms with Crippen molar-refractivity contribution >= 4 is 5.69 Å². The normalized spacial score (nSPS) is 15.2. The highest BCUT2D eigenvalue weighted by molar-refractivity contribution is 5.36. The van der Waals surface area contributed by atoms with Crippen molar-refractivity contribution in [3.05, 3.63) is 69.8 Å². The second-order valence-corrected chi connectivity index (χ2v) is 6.34. The topological polar surface area (TPSA) is 75.8 Å². The number of ether oxygens (including phenoxy) is 1. The van der Waals surface area contributed by atoms with Gasteiger partial charge in [0.05, 0.1) is 18.1 Å². The van der Waals surface area contributed by atoms with E-state index in [0.29, 0.717) is 24.7 Å². The van der Waals surface area contributed by atoms with Crippen LogP contribution in [0.2, 0.25) is 0 Å². The van der Waals surface area contributed by atoms with Crippen LogP contribution in [0, 0.1) is 10.1 Å². The molecule has 0 aliphatic heterocycles. The van der Waals surface area contributed by atoms with Crippen molar-refractivity contribution in [1.82, 2.24) is 4.90 Å². The summed E-state index contributed by atoms with van der Waals surface area (Å²) in [5, 5.41) is 21.5. The smallest absolute Gasteiger partial charge is 0.269 e. The second-order valence-electron chi connectivity index (χ2n) is 6.34. The van der Waals surface area contributed by atoms with Gasteiger partial charge >= 0.3 is 0 Å². The van der Waals surface area contributed by atoms with Gasteiger partial charge in [0.1, 0.15) is 5.75 Å². The van der Waals surface area contributed by atoms with Crippen molar-refractivity contribution in [2.45, 2.75) is 31.5 Å². The Morgan fingerprint density at radius 3 is 2.72 bits per heavy atom. The Bertz CT molecular complexity index is 746. The van der Waals surface area contributed by atoms with Crippen LogP contribution in [-0.2, 0) is 6.54 Å². The van der Waals surface area contributed by atoms with E-state index >= 15 is 0 Å². The van der Waals surface area contributed by atoms with Crippen LogP contribution in [-0.4, -0.2) is 34.6 Å². The molecule has 2 aromatic rings. The van der Waals surface area contributed by atoms with Crippen LogP contribution in [0.25, 0.3) is 0 Å². The van der Waals surface area contributed by atoms with Crippen molar-refractivity contribution < 1.29 is 14.8 Å². The first-order valence-corrected chi connectivity index (χ1v) is 8.37. The van der Waals surface area contributed by atoms with Gasteiger partial charge in [-0.3, -0.25) is 15.0 Å². The number of nitro benzene ring substituents is 1. The summed E-state index contributed by atoms with van der Waals surface area (Å²) in [4.78, 5) is 12.7. The van der Waals surface area contributed by atoms with Crippen molar-refractivity contribution in [3.63, 3.8) is 0 Å². The van der Waals surface area contributed by atoms with E-state index in [1.807, 2.05) is 24.3 Å². The van der Waals surface area contributed by atoms with Crippen molar-refractivity contribution in [1.29, 1.82) is 0 Å². The van der Waals surface area contributed by atoms with E-state index < -0.39 is 11.0 Å². The fraction of sp³-hybridized carbons (Fsp3) is 0.368. The highest BCUT2D eigenvalue weighted by atomic mass is 16.6. The summed E-state index contributed by atoms with van der Waals surface area (Å²) in [7, 11) is 1.65. The zero-order valence-electron chi connectivity index (χ0n) is 14.2. The summed E-state index contributed by atoms with van der Waals surface area (Å²) >= 11 is 0. The minimum Gasteiger partial charge on any atom is -0.496 e. The Morgan fingerprint density at radius 2 is 2.04 bits per heavy atom. The first kappa shape index (κ1) is 17.4. The molecule has 1 fully saturated rings. The number of non-ortho nitro benzene ring substituents is 1. The second kappa shape index (κ2) is 7.63. The number of para-hydroxylation sites is 1. The van der Waals surface area contributed by atoms with Gasteiger partial charge in [-0.25, -0.2) is 0 Å². The van der Waals surface area contributed by atoms with Crippen LogP contribution in [0.4, 0.5) is 5.69 Å². The minimum absolute atomic E-state index is 0.000694. The summed E-state index contributed by atoms with van der Waals surface area (Å²) in [5.41, 5.74) is 1.64. The predicted molar refractivity (Wildman–Crippen MR) is 94.5 cm³/mol. The van der Waals surface area contributed by atoms with E-state index in [1.54, 1.807) is 19.2 Å². The highest BCUT2D eigenvalue weighted by Crippen LogP contribution is 2.32. The summed E-state index contributed by atoms with van der Waals surface area (Å²) in [6.07, 6.45) is 1.45. The largest absolute Gasteiger partial charge is 0.496 e. The average molecular weight is 342 g/mol. The Balaban J connectivity index is 1.74. The molecule has 0 saturated heterocycles. The van der Waals surface area contributed by atoms with E-state index in [-0.39, 0.29) is 5.69 Å². The van der Waals surface area contributed by atoms with Gasteiger partial charge in [-0.15, -0.1) is 0 Å². The Morgan fingerprint density at radius 1 is 1.28 bits per heavy atom. The summed E-state index contributed by atoms with van der Waals surface area (Å²) < 4.78 is 5.41. The SMILES string of the molecule is COc1ccccc1CN(CC(O)c1cccc([N+](=O)[O-])c1)C1CC1. The predicted octanol–water partition coefficient (Wildman–Crippen LogP) is 3.30. The Hall–Kier alpha value is -2.44. The fourth-order valence-electron chi connectivity index (χ4n) is 3.01. The molecule has 2 aromatic carbocycles. The Labute approximate surface area is 146 Å². The molecule has 0 bridgehead atoms. The van der Waals surface area contributed by atoms with Crippen LogP contribution >= 0.6 is 0 Å². The lowest BCUT2D eigenvalue weighted by molar-refractivity contribution is -0.385. The quantitative estimate of drug-likeness (QED) is 0.588. The molecule has 0 radical (unpaired) electrons. The van der Waals surface area contributed by atoms with Crippen LogP contribution in [0.15, 0.2) is 48.5 Å². The molecular weight excluding hydrogens is 320 g/mol. The van der Waals surface area contributed by atoms with Gasteiger partial charge in [0.25, 0.3) is 5.69 Å². The molecule has 6 heteroatoms. The van der Waals surface area contributed by atoms with Gasteiger partial charge in [0.15, 0.2) is 0 Å². The molecule has 6 nitrogen and oxygen atoms in total. The molecule has 0 amide bonds. The zero-order chi connectivity index (χ0) is 17.8. The summed E-state index contributed by atoms with van der Waals surface area (Å²) in [6, 6.07) is 14.5. The highest BCUT2D eigenvalue weighted by Gasteiger charge is 2.31. The number of rotatable bonds is 8. The molecule has 0 heterocycles. The Kier molecular flexibility index (Phi) is 5.31. The summed E-state index contributed by atoms with van der Waals surface area (Å²) in [5.74, 6) is 0.831. The summed E-state index contributed by atoms with van der Waals surface area (Å²) in [6.45, 7) is 1.12.